The van der Waals surface area contributed by atoms with Crippen molar-refractivity contribution in [2.45, 2.75) is 6.92 Å². The highest BCUT2D eigenvalue weighted by molar-refractivity contribution is 5.79. The SMILES string of the molecule is CCOc1cc(Oc2ccc3cccnc3c2)ccc1N. The molecule has 0 aliphatic heterocycles. The first-order valence-corrected chi connectivity index (χ1v) is 6.81. The first kappa shape index (κ1) is 13.2. The van der Waals surface area contributed by atoms with E-state index in [2.05, 4.69) is 4.98 Å². The number of hydrogen-bond donors (Lipinski definition) is 1. The van der Waals surface area contributed by atoms with Crippen molar-refractivity contribution in [1.82, 2.24) is 4.98 Å². The van der Waals surface area contributed by atoms with Crippen LogP contribution in [0.25, 0.3) is 10.9 Å². The van der Waals surface area contributed by atoms with Gasteiger partial charge in [0.05, 0.1) is 17.8 Å². The van der Waals surface area contributed by atoms with Crippen molar-refractivity contribution in [1.29, 1.82) is 0 Å². The molecule has 0 unspecified atom stereocenters. The standard InChI is InChI=1S/C17H16N2O2/c1-2-20-17-11-14(7-8-15(17)18)21-13-6-5-12-4-3-9-19-16(12)10-13/h3-11H,2,18H2,1H3. The van der Waals surface area contributed by atoms with Crippen LogP contribution >= 0.6 is 0 Å². The number of nitrogen functional groups attached to an aromatic ring is 1. The Hall–Kier alpha value is -2.75. The van der Waals surface area contributed by atoms with Crippen LogP contribution in [-0.4, -0.2) is 11.6 Å². The highest BCUT2D eigenvalue weighted by Crippen LogP contribution is 2.30. The second-order valence-electron chi connectivity index (χ2n) is 4.59. The fourth-order valence-corrected chi connectivity index (χ4v) is 2.10. The average Bonchev–Trinajstić information content (AvgIpc) is 2.51. The molecule has 0 spiro atoms. The molecule has 0 atom stereocenters. The van der Waals surface area contributed by atoms with E-state index in [4.69, 9.17) is 15.2 Å². The molecule has 0 saturated heterocycles. The van der Waals surface area contributed by atoms with E-state index in [1.807, 2.05) is 43.3 Å². The van der Waals surface area contributed by atoms with E-state index >= 15 is 0 Å². The normalized spacial score (nSPS) is 10.5. The molecule has 21 heavy (non-hydrogen) atoms. The van der Waals surface area contributed by atoms with E-state index in [0.717, 1.165) is 16.7 Å². The Bertz CT molecular complexity index is 772. The Labute approximate surface area is 123 Å². The zero-order valence-electron chi connectivity index (χ0n) is 11.7. The minimum absolute atomic E-state index is 0.563. The summed E-state index contributed by atoms with van der Waals surface area (Å²) < 4.78 is 11.3. The zero-order chi connectivity index (χ0) is 14.7. The fraction of sp³-hybridized carbons (Fsp3) is 0.118. The average molecular weight is 280 g/mol. The quantitative estimate of drug-likeness (QED) is 0.734. The van der Waals surface area contributed by atoms with Crippen LogP contribution in [0, 0.1) is 0 Å². The summed E-state index contributed by atoms with van der Waals surface area (Å²) in [5.41, 5.74) is 7.35. The topological polar surface area (TPSA) is 57.4 Å². The van der Waals surface area contributed by atoms with Gasteiger partial charge in [-0.3, -0.25) is 4.98 Å². The molecular formula is C17H16N2O2. The van der Waals surface area contributed by atoms with Gasteiger partial charge in [-0.1, -0.05) is 6.07 Å². The van der Waals surface area contributed by atoms with Gasteiger partial charge in [0.15, 0.2) is 0 Å². The number of anilines is 1. The number of rotatable bonds is 4. The lowest BCUT2D eigenvalue weighted by Crippen LogP contribution is -1.97. The summed E-state index contributed by atoms with van der Waals surface area (Å²) >= 11 is 0. The maximum atomic E-state index is 5.85. The Balaban J connectivity index is 1.89. The maximum Gasteiger partial charge on any atom is 0.145 e. The Morgan fingerprint density at radius 2 is 1.86 bits per heavy atom. The van der Waals surface area contributed by atoms with Crippen LogP contribution in [-0.2, 0) is 0 Å². The number of ether oxygens (including phenoxy) is 2. The van der Waals surface area contributed by atoms with Gasteiger partial charge in [-0.25, -0.2) is 0 Å². The lowest BCUT2D eigenvalue weighted by Gasteiger charge is -2.10. The Kier molecular flexibility index (Phi) is 3.60. The molecule has 4 nitrogen and oxygen atoms in total. The van der Waals surface area contributed by atoms with E-state index in [1.54, 1.807) is 18.3 Å². The molecule has 1 aromatic heterocycles. The first-order chi connectivity index (χ1) is 10.3. The lowest BCUT2D eigenvalue weighted by molar-refractivity contribution is 0.340. The van der Waals surface area contributed by atoms with Crippen molar-refractivity contribution in [2.24, 2.45) is 0 Å². The number of nitrogens with two attached hydrogens (primary N) is 1. The largest absolute Gasteiger partial charge is 0.492 e. The van der Waals surface area contributed by atoms with Gasteiger partial charge in [0.2, 0.25) is 0 Å². The minimum atomic E-state index is 0.563. The van der Waals surface area contributed by atoms with Gasteiger partial charge in [0, 0.05) is 23.7 Å². The molecule has 0 fully saturated rings. The van der Waals surface area contributed by atoms with Crippen molar-refractivity contribution >= 4 is 16.6 Å². The summed E-state index contributed by atoms with van der Waals surface area (Å²) in [6, 6.07) is 15.1. The third kappa shape index (κ3) is 2.89. The van der Waals surface area contributed by atoms with Crippen LogP contribution in [0.1, 0.15) is 6.92 Å². The first-order valence-electron chi connectivity index (χ1n) is 6.81. The smallest absolute Gasteiger partial charge is 0.145 e. The van der Waals surface area contributed by atoms with Crippen molar-refractivity contribution in [2.75, 3.05) is 12.3 Å². The maximum absolute atomic E-state index is 5.85. The molecule has 4 heteroatoms. The summed E-state index contributed by atoms with van der Waals surface area (Å²) in [5, 5.41) is 1.08. The minimum Gasteiger partial charge on any atom is -0.492 e. The molecule has 3 rings (SSSR count). The number of benzene rings is 2. The van der Waals surface area contributed by atoms with Crippen molar-refractivity contribution in [3.8, 4) is 17.2 Å². The molecule has 0 radical (unpaired) electrons. The lowest BCUT2D eigenvalue weighted by atomic mass is 10.2. The van der Waals surface area contributed by atoms with Crippen molar-refractivity contribution < 1.29 is 9.47 Å². The third-order valence-corrected chi connectivity index (χ3v) is 3.10. The van der Waals surface area contributed by atoms with E-state index in [0.29, 0.717) is 23.8 Å². The number of fused-ring (bicyclic) bond motifs is 1. The molecular weight excluding hydrogens is 264 g/mol. The monoisotopic (exact) mass is 280 g/mol. The van der Waals surface area contributed by atoms with Gasteiger partial charge in [0.1, 0.15) is 17.2 Å². The van der Waals surface area contributed by atoms with Gasteiger partial charge >= 0.3 is 0 Å². The van der Waals surface area contributed by atoms with Gasteiger partial charge < -0.3 is 15.2 Å². The van der Waals surface area contributed by atoms with Gasteiger partial charge in [0.25, 0.3) is 0 Å². The fourth-order valence-electron chi connectivity index (χ4n) is 2.10. The molecule has 0 aliphatic rings. The van der Waals surface area contributed by atoms with Crippen LogP contribution in [0.4, 0.5) is 5.69 Å². The van der Waals surface area contributed by atoms with E-state index < -0.39 is 0 Å². The highest BCUT2D eigenvalue weighted by Gasteiger charge is 2.05. The molecule has 2 aromatic carbocycles. The summed E-state index contributed by atoms with van der Waals surface area (Å²) in [6.07, 6.45) is 1.77. The molecule has 106 valence electrons. The van der Waals surface area contributed by atoms with Gasteiger partial charge in [-0.15, -0.1) is 0 Å². The van der Waals surface area contributed by atoms with E-state index in [-0.39, 0.29) is 0 Å². The number of aromatic nitrogens is 1. The second-order valence-corrected chi connectivity index (χ2v) is 4.59. The Morgan fingerprint density at radius 3 is 2.71 bits per heavy atom. The van der Waals surface area contributed by atoms with Crippen LogP contribution in [0.15, 0.2) is 54.7 Å². The molecule has 0 amide bonds. The van der Waals surface area contributed by atoms with Crippen LogP contribution in [0.3, 0.4) is 0 Å². The molecule has 3 aromatic rings. The second kappa shape index (κ2) is 5.71. The van der Waals surface area contributed by atoms with E-state index in [9.17, 15) is 0 Å². The van der Waals surface area contributed by atoms with Gasteiger partial charge in [-0.05, 0) is 37.3 Å². The number of hydrogen-bond acceptors (Lipinski definition) is 4. The molecule has 2 N–H and O–H groups in total. The third-order valence-electron chi connectivity index (χ3n) is 3.10. The van der Waals surface area contributed by atoms with Gasteiger partial charge in [-0.2, -0.15) is 0 Å². The molecule has 1 heterocycles. The van der Waals surface area contributed by atoms with Crippen molar-refractivity contribution in [3.63, 3.8) is 0 Å². The highest BCUT2D eigenvalue weighted by atomic mass is 16.5. The summed E-state index contributed by atoms with van der Waals surface area (Å²) in [5.74, 6) is 2.05. The molecule has 0 saturated carbocycles. The van der Waals surface area contributed by atoms with Crippen molar-refractivity contribution in [3.05, 3.63) is 54.7 Å². The van der Waals surface area contributed by atoms with Crippen LogP contribution in [0.2, 0.25) is 0 Å². The number of pyridine rings is 1. The molecule has 0 bridgehead atoms. The Morgan fingerprint density at radius 1 is 1.05 bits per heavy atom. The zero-order valence-corrected chi connectivity index (χ0v) is 11.7. The van der Waals surface area contributed by atoms with Crippen LogP contribution in [0.5, 0.6) is 17.2 Å². The van der Waals surface area contributed by atoms with E-state index in [1.165, 1.54) is 0 Å². The summed E-state index contributed by atoms with van der Waals surface area (Å²) in [7, 11) is 0. The predicted octanol–water partition coefficient (Wildman–Crippen LogP) is 4.01. The molecule has 0 aliphatic carbocycles. The predicted molar refractivity (Wildman–Crippen MR) is 83.8 cm³/mol. The number of nitrogens with zero attached hydrogens (tertiary/aromatic N) is 1. The summed E-state index contributed by atoms with van der Waals surface area (Å²) in [6.45, 7) is 2.48. The summed E-state index contributed by atoms with van der Waals surface area (Å²) in [4.78, 5) is 4.32. The van der Waals surface area contributed by atoms with Crippen LogP contribution < -0.4 is 15.2 Å².